The van der Waals surface area contributed by atoms with E-state index in [0.29, 0.717) is 0 Å². The van der Waals surface area contributed by atoms with Crippen LogP contribution >= 0.6 is 23.4 Å². The van der Waals surface area contributed by atoms with Crippen LogP contribution in [0.4, 0.5) is 0 Å². The first-order valence-electron chi connectivity index (χ1n) is 4.25. The van der Waals surface area contributed by atoms with Crippen molar-refractivity contribution >= 4 is 29.3 Å². The minimum Gasteiger partial charge on any atom is -0.369 e. The maximum Gasteiger partial charge on any atom is 0.230 e. The zero-order chi connectivity index (χ0) is 10.6. The molecular weight excluding hydrogens is 218 g/mol. The second-order valence-electron chi connectivity index (χ2n) is 2.99. The van der Waals surface area contributed by atoms with Gasteiger partial charge >= 0.3 is 0 Å². The average molecular weight is 230 g/mol. The van der Waals surface area contributed by atoms with E-state index in [9.17, 15) is 4.79 Å². The van der Waals surface area contributed by atoms with Gasteiger partial charge in [-0.2, -0.15) is 0 Å². The summed E-state index contributed by atoms with van der Waals surface area (Å²) in [4.78, 5) is 10.8. The van der Waals surface area contributed by atoms with E-state index < -0.39 is 0 Å². The predicted octanol–water partition coefficient (Wildman–Crippen LogP) is 2.45. The molecule has 0 radical (unpaired) electrons. The van der Waals surface area contributed by atoms with Crippen molar-refractivity contribution in [3.05, 3.63) is 34.9 Å². The Morgan fingerprint density at radius 1 is 1.64 bits per heavy atom. The molecule has 1 atom stereocenters. The summed E-state index contributed by atoms with van der Waals surface area (Å²) in [5, 5.41) is 0.559. The second kappa shape index (κ2) is 5.27. The molecule has 4 heteroatoms. The number of amides is 1. The lowest BCUT2D eigenvalue weighted by atomic mass is 10.2. The van der Waals surface area contributed by atoms with E-state index in [4.69, 9.17) is 17.3 Å². The van der Waals surface area contributed by atoms with Crippen LogP contribution in [-0.4, -0.2) is 11.2 Å². The number of benzene rings is 1. The van der Waals surface area contributed by atoms with Gasteiger partial charge in [0, 0.05) is 10.8 Å². The smallest absolute Gasteiger partial charge is 0.230 e. The molecular formula is C10H12ClNOS. The van der Waals surface area contributed by atoms with Gasteiger partial charge in [-0.3, -0.25) is 4.79 Å². The molecule has 2 nitrogen and oxygen atoms in total. The summed E-state index contributed by atoms with van der Waals surface area (Å²) in [5.41, 5.74) is 6.25. The topological polar surface area (TPSA) is 43.1 Å². The van der Waals surface area contributed by atoms with Gasteiger partial charge in [0.25, 0.3) is 0 Å². The number of hydrogen-bond acceptors (Lipinski definition) is 2. The molecule has 0 saturated carbocycles. The van der Waals surface area contributed by atoms with Crippen molar-refractivity contribution in [3.8, 4) is 0 Å². The SMILES string of the molecule is C[C@H](SCc1cccc(Cl)c1)C(N)=O. The summed E-state index contributed by atoms with van der Waals surface area (Å²) in [7, 11) is 0. The molecule has 1 rings (SSSR count). The van der Waals surface area contributed by atoms with Gasteiger partial charge in [0.15, 0.2) is 0 Å². The molecule has 0 aliphatic rings. The van der Waals surface area contributed by atoms with Gasteiger partial charge in [0.2, 0.25) is 5.91 Å². The van der Waals surface area contributed by atoms with Crippen molar-refractivity contribution in [1.29, 1.82) is 0 Å². The Bertz CT molecular complexity index is 330. The van der Waals surface area contributed by atoms with E-state index in [0.717, 1.165) is 16.3 Å². The van der Waals surface area contributed by atoms with E-state index >= 15 is 0 Å². The third-order valence-corrected chi connectivity index (χ3v) is 3.26. The highest BCUT2D eigenvalue weighted by Crippen LogP contribution is 2.19. The minimum atomic E-state index is -0.281. The molecule has 0 saturated heterocycles. The zero-order valence-corrected chi connectivity index (χ0v) is 9.44. The maximum atomic E-state index is 10.8. The lowest BCUT2D eigenvalue weighted by molar-refractivity contribution is -0.117. The van der Waals surface area contributed by atoms with E-state index in [1.54, 1.807) is 6.92 Å². The summed E-state index contributed by atoms with van der Waals surface area (Å²) in [6.45, 7) is 1.80. The minimum absolute atomic E-state index is 0.158. The van der Waals surface area contributed by atoms with Crippen molar-refractivity contribution in [2.75, 3.05) is 0 Å². The van der Waals surface area contributed by atoms with Crippen LogP contribution in [0.3, 0.4) is 0 Å². The van der Waals surface area contributed by atoms with Gasteiger partial charge in [-0.15, -0.1) is 11.8 Å². The fourth-order valence-corrected chi connectivity index (χ4v) is 1.93. The molecule has 0 unspecified atom stereocenters. The Morgan fingerprint density at radius 2 is 2.36 bits per heavy atom. The number of nitrogens with two attached hydrogens (primary N) is 1. The van der Waals surface area contributed by atoms with Gasteiger partial charge in [-0.1, -0.05) is 23.7 Å². The molecule has 0 aromatic heterocycles. The molecule has 76 valence electrons. The van der Waals surface area contributed by atoms with Crippen molar-refractivity contribution in [1.82, 2.24) is 0 Å². The molecule has 0 aliphatic carbocycles. The fraction of sp³-hybridized carbons (Fsp3) is 0.300. The number of halogens is 1. The highest BCUT2D eigenvalue weighted by molar-refractivity contribution is 7.99. The molecule has 14 heavy (non-hydrogen) atoms. The quantitative estimate of drug-likeness (QED) is 0.862. The van der Waals surface area contributed by atoms with Crippen LogP contribution in [0.15, 0.2) is 24.3 Å². The van der Waals surface area contributed by atoms with Crippen molar-refractivity contribution < 1.29 is 4.79 Å². The summed E-state index contributed by atoms with van der Waals surface area (Å²) in [6.07, 6.45) is 0. The molecule has 1 aromatic rings. The lowest BCUT2D eigenvalue weighted by Crippen LogP contribution is -2.22. The summed E-state index contributed by atoms with van der Waals surface area (Å²) in [6, 6.07) is 7.59. The maximum absolute atomic E-state index is 10.8. The van der Waals surface area contributed by atoms with Crippen LogP contribution in [0.5, 0.6) is 0 Å². The normalized spacial score (nSPS) is 12.4. The average Bonchev–Trinajstić information content (AvgIpc) is 2.14. The highest BCUT2D eigenvalue weighted by Gasteiger charge is 2.08. The first-order chi connectivity index (χ1) is 6.59. The van der Waals surface area contributed by atoms with Crippen LogP contribution < -0.4 is 5.73 Å². The van der Waals surface area contributed by atoms with Crippen molar-refractivity contribution in [2.45, 2.75) is 17.9 Å². The summed E-state index contributed by atoms with van der Waals surface area (Å²) < 4.78 is 0. The molecule has 0 fully saturated rings. The van der Waals surface area contributed by atoms with Crippen LogP contribution in [0, 0.1) is 0 Å². The Kier molecular flexibility index (Phi) is 4.29. The van der Waals surface area contributed by atoms with Crippen LogP contribution in [0.25, 0.3) is 0 Å². The van der Waals surface area contributed by atoms with E-state index in [1.165, 1.54) is 11.8 Å². The van der Waals surface area contributed by atoms with Gasteiger partial charge in [0.1, 0.15) is 0 Å². The highest BCUT2D eigenvalue weighted by atomic mass is 35.5. The fourth-order valence-electron chi connectivity index (χ4n) is 0.930. The number of carbonyl (C=O) groups is 1. The Labute approximate surface area is 92.8 Å². The van der Waals surface area contributed by atoms with Gasteiger partial charge < -0.3 is 5.73 Å². The molecule has 2 N–H and O–H groups in total. The largest absolute Gasteiger partial charge is 0.369 e. The lowest BCUT2D eigenvalue weighted by Gasteiger charge is -2.06. The van der Waals surface area contributed by atoms with E-state index in [1.807, 2.05) is 24.3 Å². The van der Waals surface area contributed by atoms with Gasteiger partial charge in [-0.25, -0.2) is 0 Å². The summed E-state index contributed by atoms with van der Waals surface area (Å²) in [5.74, 6) is 0.474. The molecule has 0 bridgehead atoms. The zero-order valence-electron chi connectivity index (χ0n) is 7.87. The first-order valence-corrected chi connectivity index (χ1v) is 5.67. The number of thioether (sulfide) groups is 1. The number of primary amides is 1. The van der Waals surface area contributed by atoms with Crippen LogP contribution in [0.1, 0.15) is 12.5 Å². The predicted molar refractivity (Wildman–Crippen MR) is 61.4 cm³/mol. The van der Waals surface area contributed by atoms with Crippen LogP contribution in [-0.2, 0) is 10.5 Å². The molecule has 1 aromatic carbocycles. The molecule has 0 spiro atoms. The molecule has 0 aliphatic heterocycles. The van der Waals surface area contributed by atoms with E-state index in [2.05, 4.69) is 0 Å². The second-order valence-corrected chi connectivity index (χ2v) is 4.75. The van der Waals surface area contributed by atoms with Gasteiger partial charge in [-0.05, 0) is 24.6 Å². The van der Waals surface area contributed by atoms with E-state index in [-0.39, 0.29) is 11.2 Å². The standard InChI is InChI=1S/C10H12ClNOS/c1-7(10(12)13)14-6-8-3-2-4-9(11)5-8/h2-5,7H,6H2,1H3,(H2,12,13)/t7-/m0/s1. The number of carbonyl (C=O) groups excluding carboxylic acids is 1. The molecule has 0 heterocycles. The first kappa shape index (κ1) is 11.4. The third-order valence-electron chi connectivity index (χ3n) is 1.79. The Hall–Kier alpha value is -0.670. The third kappa shape index (κ3) is 3.60. The number of rotatable bonds is 4. The Balaban J connectivity index is 2.49. The van der Waals surface area contributed by atoms with Crippen molar-refractivity contribution in [3.63, 3.8) is 0 Å². The monoisotopic (exact) mass is 229 g/mol. The summed E-state index contributed by atoms with van der Waals surface area (Å²) >= 11 is 7.33. The Morgan fingerprint density at radius 3 is 2.93 bits per heavy atom. The molecule has 1 amide bonds. The number of hydrogen-bond donors (Lipinski definition) is 1. The van der Waals surface area contributed by atoms with Crippen LogP contribution in [0.2, 0.25) is 5.02 Å². The van der Waals surface area contributed by atoms with Gasteiger partial charge in [0.05, 0.1) is 5.25 Å². The van der Waals surface area contributed by atoms with Crippen molar-refractivity contribution in [2.24, 2.45) is 5.73 Å².